The average Bonchev–Trinajstić information content (AvgIpc) is 3.43. The minimum Gasteiger partial charge on any atom is -0.335 e. The molecule has 3 heterocycles. The number of carbonyl (C=O) groups excluding carboxylic acids is 1. The van der Waals surface area contributed by atoms with Gasteiger partial charge in [-0.05, 0) is 36.8 Å². The SMILES string of the molecule is O=C(c1cc(-c2ccc(Cl)cc2)nn1-c1ccccc1)N1CCN(C2CCS(=O)(=O)C2)CC1. The van der Waals surface area contributed by atoms with Gasteiger partial charge in [0, 0.05) is 42.8 Å². The Labute approximate surface area is 198 Å². The summed E-state index contributed by atoms with van der Waals surface area (Å²) >= 11 is 6.03. The van der Waals surface area contributed by atoms with Crippen molar-refractivity contribution in [2.45, 2.75) is 12.5 Å². The maximum absolute atomic E-state index is 13.6. The lowest BCUT2D eigenvalue weighted by atomic mass is 10.1. The highest BCUT2D eigenvalue weighted by molar-refractivity contribution is 7.91. The topological polar surface area (TPSA) is 75.5 Å². The number of para-hydroxylation sites is 1. The van der Waals surface area contributed by atoms with Crippen LogP contribution >= 0.6 is 11.6 Å². The Morgan fingerprint density at radius 2 is 1.67 bits per heavy atom. The molecule has 9 heteroatoms. The van der Waals surface area contributed by atoms with Gasteiger partial charge in [-0.1, -0.05) is 41.9 Å². The van der Waals surface area contributed by atoms with Crippen molar-refractivity contribution in [3.63, 3.8) is 0 Å². The van der Waals surface area contributed by atoms with E-state index in [1.165, 1.54) is 0 Å². The van der Waals surface area contributed by atoms with Crippen LogP contribution in [-0.4, -0.2) is 77.6 Å². The Morgan fingerprint density at radius 3 is 2.30 bits per heavy atom. The summed E-state index contributed by atoms with van der Waals surface area (Å²) < 4.78 is 25.4. The highest BCUT2D eigenvalue weighted by Crippen LogP contribution is 2.25. The van der Waals surface area contributed by atoms with Gasteiger partial charge in [0.05, 0.1) is 22.9 Å². The number of nitrogens with zero attached hydrogens (tertiary/aromatic N) is 4. The molecule has 0 N–H and O–H groups in total. The number of halogens is 1. The van der Waals surface area contributed by atoms with E-state index in [0.717, 1.165) is 11.3 Å². The maximum Gasteiger partial charge on any atom is 0.272 e. The van der Waals surface area contributed by atoms with Crippen LogP contribution in [0, 0.1) is 0 Å². The lowest BCUT2D eigenvalue weighted by Crippen LogP contribution is -2.52. The lowest BCUT2D eigenvalue weighted by molar-refractivity contribution is 0.0579. The molecule has 2 saturated heterocycles. The van der Waals surface area contributed by atoms with E-state index in [-0.39, 0.29) is 23.5 Å². The van der Waals surface area contributed by atoms with Gasteiger partial charge >= 0.3 is 0 Å². The minimum atomic E-state index is -2.92. The van der Waals surface area contributed by atoms with E-state index in [1.807, 2.05) is 65.6 Å². The number of hydrogen-bond donors (Lipinski definition) is 0. The van der Waals surface area contributed by atoms with Crippen LogP contribution < -0.4 is 0 Å². The second kappa shape index (κ2) is 8.93. The monoisotopic (exact) mass is 484 g/mol. The fourth-order valence-corrected chi connectivity index (χ4v) is 6.46. The Bertz CT molecular complexity index is 1250. The van der Waals surface area contributed by atoms with Crippen LogP contribution in [0.3, 0.4) is 0 Å². The van der Waals surface area contributed by atoms with Crippen molar-refractivity contribution < 1.29 is 13.2 Å². The fraction of sp³-hybridized carbons (Fsp3) is 0.333. The first kappa shape index (κ1) is 22.1. The van der Waals surface area contributed by atoms with Crippen LogP contribution in [-0.2, 0) is 9.84 Å². The molecule has 0 spiro atoms. The van der Waals surface area contributed by atoms with Gasteiger partial charge in [0.15, 0.2) is 9.84 Å². The van der Waals surface area contributed by atoms with E-state index >= 15 is 0 Å². The summed E-state index contributed by atoms with van der Waals surface area (Å²) in [5.41, 5.74) is 2.91. The molecule has 1 aromatic heterocycles. The molecule has 0 radical (unpaired) electrons. The molecule has 5 rings (SSSR count). The highest BCUT2D eigenvalue weighted by atomic mass is 35.5. The number of aromatic nitrogens is 2. The third-order valence-electron chi connectivity index (χ3n) is 6.40. The summed E-state index contributed by atoms with van der Waals surface area (Å²) in [7, 11) is -2.92. The Morgan fingerprint density at radius 1 is 0.970 bits per heavy atom. The summed E-state index contributed by atoms with van der Waals surface area (Å²) in [6, 6.07) is 18.9. The fourth-order valence-electron chi connectivity index (χ4n) is 4.58. The molecule has 3 aromatic rings. The van der Waals surface area contributed by atoms with Gasteiger partial charge in [-0.2, -0.15) is 5.10 Å². The molecule has 2 aliphatic heterocycles. The molecule has 1 amide bonds. The molecule has 0 bridgehead atoms. The van der Waals surface area contributed by atoms with Crippen LogP contribution in [0.1, 0.15) is 16.9 Å². The number of carbonyl (C=O) groups is 1. The van der Waals surface area contributed by atoms with Crippen molar-refractivity contribution in [1.82, 2.24) is 19.6 Å². The smallest absolute Gasteiger partial charge is 0.272 e. The summed E-state index contributed by atoms with van der Waals surface area (Å²) in [6.45, 7) is 2.47. The molecule has 0 saturated carbocycles. The maximum atomic E-state index is 13.6. The summed E-state index contributed by atoms with van der Waals surface area (Å²) in [4.78, 5) is 17.6. The van der Waals surface area contributed by atoms with E-state index in [2.05, 4.69) is 4.90 Å². The molecule has 2 aromatic carbocycles. The van der Waals surface area contributed by atoms with Crippen molar-refractivity contribution >= 4 is 27.3 Å². The molecule has 2 fully saturated rings. The molecular formula is C24H25ClN4O3S. The Hall–Kier alpha value is -2.68. The van der Waals surface area contributed by atoms with Crippen LogP contribution in [0.2, 0.25) is 5.02 Å². The zero-order valence-electron chi connectivity index (χ0n) is 18.1. The molecule has 33 heavy (non-hydrogen) atoms. The number of rotatable bonds is 4. The number of benzene rings is 2. The number of piperazine rings is 1. The second-order valence-corrected chi connectivity index (χ2v) is 11.2. The minimum absolute atomic E-state index is 0.0682. The molecule has 7 nitrogen and oxygen atoms in total. The molecule has 172 valence electrons. The van der Waals surface area contributed by atoms with Crippen LogP contribution in [0.4, 0.5) is 0 Å². The van der Waals surface area contributed by atoms with E-state index in [0.29, 0.717) is 49.0 Å². The molecule has 1 unspecified atom stereocenters. The number of hydrogen-bond acceptors (Lipinski definition) is 5. The zero-order valence-corrected chi connectivity index (χ0v) is 19.7. The van der Waals surface area contributed by atoms with Crippen LogP contribution in [0.5, 0.6) is 0 Å². The standard InChI is InChI=1S/C24H25ClN4O3S/c25-19-8-6-18(7-9-19)22-16-23(29(26-22)20-4-2-1-3-5-20)24(30)28-13-11-27(12-14-28)21-10-15-33(31,32)17-21/h1-9,16,21H,10-15,17H2. The average molecular weight is 485 g/mol. The van der Waals surface area contributed by atoms with Crippen molar-refractivity contribution in [3.8, 4) is 16.9 Å². The Kier molecular flexibility index (Phi) is 5.99. The normalized spacial score (nSPS) is 20.8. The van der Waals surface area contributed by atoms with Crippen molar-refractivity contribution in [1.29, 1.82) is 0 Å². The number of amides is 1. The first-order valence-electron chi connectivity index (χ1n) is 11.0. The van der Waals surface area contributed by atoms with Crippen LogP contribution in [0.15, 0.2) is 60.7 Å². The van der Waals surface area contributed by atoms with Gasteiger partial charge in [-0.25, -0.2) is 13.1 Å². The van der Waals surface area contributed by atoms with E-state index < -0.39 is 9.84 Å². The van der Waals surface area contributed by atoms with Gasteiger partial charge in [0.2, 0.25) is 0 Å². The third-order valence-corrected chi connectivity index (χ3v) is 8.40. The van der Waals surface area contributed by atoms with Gasteiger partial charge in [0.25, 0.3) is 5.91 Å². The molecular weight excluding hydrogens is 460 g/mol. The molecule has 1 atom stereocenters. The summed E-state index contributed by atoms with van der Waals surface area (Å²) in [5.74, 6) is 0.414. The van der Waals surface area contributed by atoms with Gasteiger partial charge in [0.1, 0.15) is 5.69 Å². The van der Waals surface area contributed by atoms with Crippen molar-refractivity contribution in [2.24, 2.45) is 0 Å². The highest BCUT2D eigenvalue weighted by Gasteiger charge is 2.35. The second-order valence-electron chi connectivity index (χ2n) is 8.55. The number of sulfone groups is 1. The van der Waals surface area contributed by atoms with Crippen molar-refractivity contribution in [2.75, 3.05) is 37.7 Å². The summed E-state index contributed by atoms with van der Waals surface area (Å²) in [5, 5.41) is 5.38. The molecule has 2 aliphatic rings. The lowest BCUT2D eigenvalue weighted by Gasteiger charge is -2.37. The van der Waals surface area contributed by atoms with Gasteiger partial charge in [-0.15, -0.1) is 0 Å². The Balaban J connectivity index is 1.39. The van der Waals surface area contributed by atoms with Gasteiger partial charge in [-0.3, -0.25) is 9.69 Å². The van der Waals surface area contributed by atoms with Crippen LogP contribution in [0.25, 0.3) is 16.9 Å². The third kappa shape index (κ3) is 4.69. The van der Waals surface area contributed by atoms with E-state index in [4.69, 9.17) is 16.7 Å². The quantitative estimate of drug-likeness (QED) is 0.568. The molecule has 0 aliphatic carbocycles. The van der Waals surface area contributed by atoms with E-state index in [1.54, 1.807) is 4.68 Å². The van der Waals surface area contributed by atoms with E-state index in [9.17, 15) is 13.2 Å². The first-order valence-corrected chi connectivity index (χ1v) is 13.2. The zero-order chi connectivity index (χ0) is 23.0. The predicted molar refractivity (Wildman–Crippen MR) is 129 cm³/mol. The largest absolute Gasteiger partial charge is 0.335 e. The predicted octanol–water partition coefficient (Wildman–Crippen LogP) is 3.14. The summed E-state index contributed by atoms with van der Waals surface area (Å²) in [6.07, 6.45) is 0.682. The van der Waals surface area contributed by atoms with Gasteiger partial charge < -0.3 is 4.90 Å². The van der Waals surface area contributed by atoms with Crippen molar-refractivity contribution in [3.05, 3.63) is 71.4 Å². The first-order chi connectivity index (χ1) is 15.9.